The Morgan fingerprint density at radius 2 is 1.83 bits per heavy atom. The van der Waals surface area contributed by atoms with E-state index in [1.807, 2.05) is 31.2 Å². The zero-order valence-corrected chi connectivity index (χ0v) is 14.1. The van der Waals surface area contributed by atoms with Crippen LogP contribution in [-0.4, -0.2) is 48.1 Å². The number of nitrogens with one attached hydrogen (secondary N) is 1. The van der Waals surface area contributed by atoms with Gasteiger partial charge < -0.3 is 14.8 Å². The van der Waals surface area contributed by atoms with Gasteiger partial charge in [0.25, 0.3) is 5.91 Å². The van der Waals surface area contributed by atoms with Crippen LogP contribution in [0.2, 0.25) is 0 Å². The number of urea groups is 1. The van der Waals surface area contributed by atoms with E-state index in [9.17, 15) is 14.4 Å². The van der Waals surface area contributed by atoms with Gasteiger partial charge in [0.1, 0.15) is 24.5 Å². The van der Waals surface area contributed by atoms with Gasteiger partial charge in [0.05, 0.1) is 6.42 Å². The van der Waals surface area contributed by atoms with Crippen molar-refractivity contribution in [3.05, 3.63) is 29.8 Å². The number of hydrogen-bond donors (Lipinski definition) is 1. The van der Waals surface area contributed by atoms with E-state index in [0.717, 1.165) is 10.5 Å². The third-order valence-corrected chi connectivity index (χ3v) is 3.62. The molecule has 1 aliphatic rings. The predicted octanol–water partition coefficient (Wildman–Crippen LogP) is 1.64. The van der Waals surface area contributed by atoms with E-state index in [2.05, 4.69) is 5.32 Å². The van der Waals surface area contributed by atoms with Crippen molar-refractivity contribution in [2.75, 3.05) is 19.8 Å². The van der Waals surface area contributed by atoms with Gasteiger partial charge >= 0.3 is 12.0 Å². The van der Waals surface area contributed by atoms with E-state index in [-0.39, 0.29) is 32.1 Å². The number of benzene rings is 1. The number of ether oxygens (including phenoxy) is 2. The van der Waals surface area contributed by atoms with Crippen molar-refractivity contribution in [1.29, 1.82) is 0 Å². The Labute approximate surface area is 140 Å². The highest BCUT2D eigenvalue weighted by molar-refractivity contribution is 6.06. The lowest BCUT2D eigenvalue weighted by Crippen LogP contribution is -2.40. The molecule has 0 saturated carbocycles. The van der Waals surface area contributed by atoms with Gasteiger partial charge in [-0.1, -0.05) is 17.7 Å². The minimum Gasteiger partial charge on any atom is -0.490 e. The van der Waals surface area contributed by atoms with Crippen LogP contribution >= 0.6 is 0 Å². The van der Waals surface area contributed by atoms with E-state index < -0.39 is 17.5 Å². The minimum absolute atomic E-state index is 0.00570. The van der Waals surface area contributed by atoms with Gasteiger partial charge in [-0.15, -0.1) is 0 Å². The Bertz CT molecular complexity index is 624. The molecule has 1 aliphatic heterocycles. The van der Waals surface area contributed by atoms with Crippen molar-refractivity contribution in [3.8, 4) is 5.75 Å². The lowest BCUT2D eigenvalue weighted by atomic mass is 10.1. The second-order valence-electron chi connectivity index (χ2n) is 6.14. The fourth-order valence-electron chi connectivity index (χ4n) is 2.25. The Kier molecular flexibility index (Phi) is 5.43. The molecule has 0 unspecified atom stereocenters. The van der Waals surface area contributed by atoms with Crippen molar-refractivity contribution in [2.24, 2.45) is 0 Å². The van der Waals surface area contributed by atoms with E-state index in [1.165, 1.54) is 0 Å². The van der Waals surface area contributed by atoms with Crippen LogP contribution in [0.4, 0.5) is 4.79 Å². The van der Waals surface area contributed by atoms with Crippen LogP contribution in [0.5, 0.6) is 5.75 Å². The molecule has 0 radical (unpaired) electrons. The minimum atomic E-state index is -0.928. The van der Waals surface area contributed by atoms with E-state index in [4.69, 9.17) is 9.47 Å². The molecule has 0 aromatic heterocycles. The van der Waals surface area contributed by atoms with Gasteiger partial charge in [0.15, 0.2) is 0 Å². The summed E-state index contributed by atoms with van der Waals surface area (Å²) in [6, 6.07) is 7.06. The molecular weight excluding hydrogens is 312 g/mol. The first-order valence-electron chi connectivity index (χ1n) is 7.79. The number of nitrogens with zero attached hydrogens (tertiary/aromatic N) is 1. The van der Waals surface area contributed by atoms with E-state index in [1.54, 1.807) is 13.8 Å². The van der Waals surface area contributed by atoms with Crippen LogP contribution < -0.4 is 10.1 Å². The highest BCUT2D eigenvalue weighted by Crippen LogP contribution is 2.16. The molecule has 1 heterocycles. The summed E-state index contributed by atoms with van der Waals surface area (Å²) in [4.78, 5) is 36.4. The van der Waals surface area contributed by atoms with Gasteiger partial charge in [-0.25, -0.2) is 4.79 Å². The summed E-state index contributed by atoms with van der Waals surface area (Å²) < 4.78 is 10.5. The molecule has 0 bridgehead atoms. The number of esters is 1. The number of carbonyl (C=O) groups excluding carboxylic acids is 3. The number of carbonyl (C=O) groups is 3. The SMILES string of the molecule is Cc1ccc(OCCOC(=O)CCN2C(=O)NC(C)(C)C2=O)cc1. The Morgan fingerprint density at radius 1 is 1.17 bits per heavy atom. The summed E-state index contributed by atoms with van der Waals surface area (Å²) in [6.45, 7) is 5.58. The van der Waals surface area contributed by atoms with Crippen molar-refractivity contribution >= 4 is 17.9 Å². The molecule has 1 fully saturated rings. The molecule has 1 aromatic rings. The van der Waals surface area contributed by atoms with Crippen LogP contribution in [0.25, 0.3) is 0 Å². The third-order valence-electron chi connectivity index (χ3n) is 3.62. The number of amides is 3. The molecule has 0 atom stereocenters. The van der Waals surface area contributed by atoms with Crippen LogP contribution in [-0.2, 0) is 14.3 Å². The summed E-state index contributed by atoms with van der Waals surface area (Å²) in [6.07, 6.45) is -0.0419. The first-order chi connectivity index (χ1) is 11.3. The second kappa shape index (κ2) is 7.33. The summed E-state index contributed by atoms with van der Waals surface area (Å²) in [5.41, 5.74) is 0.209. The van der Waals surface area contributed by atoms with E-state index in [0.29, 0.717) is 5.75 Å². The zero-order chi connectivity index (χ0) is 17.7. The molecule has 7 nitrogen and oxygen atoms in total. The predicted molar refractivity (Wildman–Crippen MR) is 86.6 cm³/mol. The van der Waals surface area contributed by atoms with Gasteiger partial charge in [-0.05, 0) is 32.9 Å². The molecular formula is C17H22N2O5. The van der Waals surface area contributed by atoms with Gasteiger partial charge in [-0.3, -0.25) is 14.5 Å². The zero-order valence-electron chi connectivity index (χ0n) is 14.1. The van der Waals surface area contributed by atoms with Crippen molar-refractivity contribution < 1.29 is 23.9 Å². The average molecular weight is 334 g/mol. The maximum absolute atomic E-state index is 12.0. The Morgan fingerprint density at radius 3 is 2.42 bits per heavy atom. The first-order valence-corrected chi connectivity index (χ1v) is 7.79. The van der Waals surface area contributed by atoms with Crippen LogP contribution in [0.3, 0.4) is 0 Å². The summed E-state index contributed by atoms with van der Waals surface area (Å²) >= 11 is 0. The molecule has 3 amide bonds. The highest BCUT2D eigenvalue weighted by Gasteiger charge is 2.44. The molecule has 7 heteroatoms. The van der Waals surface area contributed by atoms with Gasteiger partial charge in [-0.2, -0.15) is 0 Å². The molecule has 130 valence electrons. The largest absolute Gasteiger partial charge is 0.490 e. The number of imide groups is 1. The summed E-state index contributed by atoms with van der Waals surface area (Å²) in [5.74, 6) is -0.117. The fourth-order valence-corrected chi connectivity index (χ4v) is 2.25. The molecule has 1 aromatic carbocycles. The standard InChI is InChI=1S/C17H22N2O5/c1-12-4-6-13(7-5-12)23-10-11-24-14(20)8-9-19-15(21)17(2,3)18-16(19)22/h4-7H,8-11H2,1-3H3,(H,18,22). The number of hydrogen-bond acceptors (Lipinski definition) is 5. The van der Waals surface area contributed by atoms with Gasteiger partial charge in [0, 0.05) is 6.54 Å². The van der Waals surface area contributed by atoms with Crippen molar-refractivity contribution in [1.82, 2.24) is 10.2 Å². The summed E-state index contributed by atoms with van der Waals surface area (Å²) in [5, 5.41) is 2.56. The Hall–Kier alpha value is -2.57. The lowest BCUT2D eigenvalue weighted by Gasteiger charge is -2.15. The van der Waals surface area contributed by atoms with Gasteiger partial charge in [0.2, 0.25) is 0 Å². The second-order valence-corrected chi connectivity index (χ2v) is 6.14. The van der Waals surface area contributed by atoms with E-state index >= 15 is 0 Å². The third kappa shape index (κ3) is 4.47. The highest BCUT2D eigenvalue weighted by atomic mass is 16.6. The summed E-state index contributed by atoms with van der Waals surface area (Å²) in [7, 11) is 0. The van der Waals surface area contributed by atoms with Crippen LogP contribution in [0.15, 0.2) is 24.3 Å². The van der Waals surface area contributed by atoms with Crippen LogP contribution in [0.1, 0.15) is 25.8 Å². The van der Waals surface area contributed by atoms with Crippen LogP contribution in [0, 0.1) is 6.92 Å². The number of rotatable bonds is 7. The fraction of sp³-hybridized carbons (Fsp3) is 0.471. The maximum Gasteiger partial charge on any atom is 0.325 e. The molecule has 24 heavy (non-hydrogen) atoms. The molecule has 1 N–H and O–H groups in total. The lowest BCUT2D eigenvalue weighted by molar-refractivity contribution is -0.144. The molecule has 1 saturated heterocycles. The topological polar surface area (TPSA) is 84.9 Å². The Balaban J connectivity index is 1.66. The van der Waals surface area contributed by atoms with Crippen molar-refractivity contribution in [3.63, 3.8) is 0 Å². The van der Waals surface area contributed by atoms with Crippen molar-refractivity contribution in [2.45, 2.75) is 32.7 Å². The number of aryl methyl sites for hydroxylation is 1. The quantitative estimate of drug-likeness (QED) is 0.465. The molecule has 2 rings (SSSR count). The maximum atomic E-state index is 12.0. The average Bonchev–Trinajstić information content (AvgIpc) is 2.72. The first kappa shape index (κ1) is 17.8. The normalized spacial score (nSPS) is 16.0. The monoisotopic (exact) mass is 334 g/mol. The molecule has 0 aliphatic carbocycles. The molecule has 0 spiro atoms. The smallest absolute Gasteiger partial charge is 0.325 e.